The van der Waals surface area contributed by atoms with Gasteiger partial charge in [-0.15, -0.1) is 0 Å². The van der Waals surface area contributed by atoms with Crippen molar-refractivity contribution in [2.24, 2.45) is 0 Å². The summed E-state index contributed by atoms with van der Waals surface area (Å²) < 4.78 is 0.908. The van der Waals surface area contributed by atoms with E-state index in [2.05, 4.69) is 15.9 Å². The van der Waals surface area contributed by atoms with E-state index in [-0.39, 0.29) is 5.91 Å². The summed E-state index contributed by atoms with van der Waals surface area (Å²) in [6, 6.07) is 4.78. The summed E-state index contributed by atoms with van der Waals surface area (Å²) in [6.45, 7) is 0.534. The molecule has 1 heterocycles. The first-order chi connectivity index (χ1) is 9.49. The number of carbonyl (C=O) groups excluding carboxylic acids is 1. The van der Waals surface area contributed by atoms with Crippen LogP contribution in [0, 0.1) is 0 Å². The molecule has 1 atom stereocenters. The molecule has 1 aliphatic heterocycles. The molecule has 1 N–H and O–H groups in total. The minimum absolute atomic E-state index is 0.109. The third-order valence-electron chi connectivity index (χ3n) is 3.47. The second-order valence-corrected chi connectivity index (χ2v) is 6.11. The van der Waals surface area contributed by atoms with Gasteiger partial charge in [-0.2, -0.15) is 0 Å². The first kappa shape index (κ1) is 15.3. The van der Waals surface area contributed by atoms with Crippen molar-refractivity contribution in [3.8, 4) is 0 Å². The molecule has 0 bridgehead atoms. The number of nitrogens with zero attached hydrogens (tertiary/aromatic N) is 1. The fourth-order valence-corrected chi connectivity index (χ4v) is 3.08. The zero-order valence-electron chi connectivity index (χ0n) is 10.8. The van der Waals surface area contributed by atoms with Gasteiger partial charge in [0.25, 0.3) is 0 Å². The summed E-state index contributed by atoms with van der Waals surface area (Å²) >= 11 is 9.35. The molecule has 0 saturated carbocycles. The van der Waals surface area contributed by atoms with Gasteiger partial charge >= 0.3 is 5.97 Å². The van der Waals surface area contributed by atoms with E-state index in [1.165, 1.54) is 4.90 Å². The Labute approximate surface area is 130 Å². The van der Waals surface area contributed by atoms with Gasteiger partial charge in [0.15, 0.2) is 0 Å². The fourth-order valence-electron chi connectivity index (χ4n) is 2.44. The fraction of sp³-hybridized carbons (Fsp3) is 0.429. The molecule has 1 amide bonds. The molecule has 6 heteroatoms. The van der Waals surface area contributed by atoms with Crippen molar-refractivity contribution in [2.45, 2.75) is 31.7 Å². The lowest BCUT2D eigenvalue weighted by Gasteiger charge is -2.21. The molecular formula is C14H15BrClNO3. The van der Waals surface area contributed by atoms with E-state index in [9.17, 15) is 9.59 Å². The number of hydrogen-bond acceptors (Lipinski definition) is 2. The highest BCUT2D eigenvalue weighted by atomic mass is 79.9. The van der Waals surface area contributed by atoms with Crippen molar-refractivity contribution in [2.75, 3.05) is 6.54 Å². The second-order valence-electron chi connectivity index (χ2n) is 4.82. The van der Waals surface area contributed by atoms with E-state index in [0.717, 1.165) is 16.5 Å². The molecular weight excluding hydrogens is 346 g/mol. The number of carboxylic acids is 1. The quantitative estimate of drug-likeness (QED) is 0.897. The molecule has 1 aromatic carbocycles. The van der Waals surface area contributed by atoms with Crippen LogP contribution in [-0.2, 0) is 16.0 Å². The molecule has 2 rings (SSSR count). The number of aryl methyl sites for hydroxylation is 1. The Morgan fingerprint density at radius 2 is 2.20 bits per heavy atom. The van der Waals surface area contributed by atoms with Crippen molar-refractivity contribution < 1.29 is 14.7 Å². The SMILES string of the molecule is O=C(O)C1CCCN1C(=O)CCc1cc(Cl)ccc1Br. The smallest absolute Gasteiger partial charge is 0.326 e. The maximum absolute atomic E-state index is 12.1. The van der Waals surface area contributed by atoms with Crippen molar-refractivity contribution >= 4 is 39.4 Å². The Hall–Kier alpha value is -1.07. The molecule has 1 aliphatic rings. The van der Waals surface area contributed by atoms with Crippen molar-refractivity contribution in [3.63, 3.8) is 0 Å². The van der Waals surface area contributed by atoms with Crippen LogP contribution in [-0.4, -0.2) is 34.5 Å². The number of carboxylic acid groups (broad SMARTS) is 1. The molecule has 0 radical (unpaired) electrons. The summed E-state index contributed by atoms with van der Waals surface area (Å²) in [7, 11) is 0. The summed E-state index contributed by atoms with van der Waals surface area (Å²) in [6.07, 6.45) is 2.14. The molecule has 0 aliphatic carbocycles. The van der Waals surface area contributed by atoms with Crippen LogP contribution in [0.1, 0.15) is 24.8 Å². The molecule has 108 valence electrons. The van der Waals surface area contributed by atoms with Gasteiger partial charge in [0.2, 0.25) is 5.91 Å². The van der Waals surface area contributed by atoms with Gasteiger partial charge in [-0.1, -0.05) is 27.5 Å². The van der Waals surface area contributed by atoms with Crippen molar-refractivity contribution in [1.82, 2.24) is 4.90 Å². The first-order valence-corrected chi connectivity index (χ1v) is 7.62. The summed E-state index contributed by atoms with van der Waals surface area (Å²) in [5, 5.41) is 9.70. The number of carbonyl (C=O) groups is 2. The lowest BCUT2D eigenvalue weighted by Crippen LogP contribution is -2.40. The van der Waals surface area contributed by atoms with Crippen LogP contribution in [0.5, 0.6) is 0 Å². The Morgan fingerprint density at radius 3 is 2.90 bits per heavy atom. The summed E-state index contributed by atoms with van der Waals surface area (Å²) in [5.74, 6) is -1.03. The zero-order chi connectivity index (χ0) is 14.7. The number of aliphatic carboxylic acids is 1. The highest BCUT2D eigenvalue weighted by Crippen LogP contribution is 2.24. The Kier molecular flexibility index (Phi) is 5.05. The average molecular weight is 361 g/mol. The normalized spacial score (nSPS) is 18.3. The highest BCUT2D eigenvalue weighted by molar-refractivity contribution is 9.10. The number of hydrogen-bond donors (Lipinski definition) is 1. The van der Waals surface area contributed by atoms with Gasteiger partial charge in [-0.3, -0.25) is 4.79 Å². The van der Waals surface area contributed by atoms with Crippen molar-refractivity contribution in [3.05, 3.63) is 33.3 Å². The predicted octanol–water partition coefficient (Wildman–Crippen LogP) is 3.11. The maximum atomic E-state index is 12.1. The summed E-state index contributed by atoms with van der Waals surface area (Å²) in [4.78, 5) is 24.7. The van der Waals surface area contributed by atoms with Gasteiger partial charge in [0, 0.05) is 22.5 Å². The Bertz CT molecular complexity index is 535. The average Bonchev–Trinajstić information content (AvgIpc) is 2.89. The first-order valence-electron chi connectivity index (χ1n) is 6.45. The van der Waals surface area contributed by atoms with E-state index in [0.29, 0.717) is 30.8 Å². The van der Waals surface area contributed by atoms with Gasteiger partial charge in [0.1, 0.15) is 6.04 Å². The van der Waals surface area contributed by atoms with E-state index < -0.39 is 12.0 Å². The number of likely N-dealkylation sites (tertiary alicyclic amines) is 1. The van der Waals surface area contributed by atoms with Crippen LogP contribution in [0.4, 0.5) is 0 Å². The van der Waals surface area contributed by atoms with Crippen LogP contribution in [0.15, 0.2) is 22.7 Å². The van der Waals surface area contributed by atoms with E-state index >= 15 is 0 Å². The van der Waals surface area contributed by atoms with Crippen LogP contribution in [0.2, 0.25) is 5.02 Å². The third-order valence-corrected chi connectivity index (χ3v) is 4.48. The Balaban J connectivity index is 1.98. The minimum atomic E-state index is -0.917. The lowest BCUT2D eigenvalue weighted by atomic mass is 10.1. The monoisotopic (exact) mass is 359 g/mol. The molecule has 4 nitrogen and oxygen atoms in total. The molecule has 0 aromatic heterocycles. The molecule has 20 heavy (non-hydrogen) atoms. The van der Waals surface area contributed by atoms with Crippen LogP contribution in [0.25, 0.3) is 0 Å². The lowest BCUT2D eigenvalue weighted by molar-refractivity contribution is -0.148. The molecule has 1 unspecified atom stereocenters. The van der Waals surface area contributed by atoms with Gasteiger partial charge in [-0.25, -0.2) is 4.79 Å². The Morgan fingerprint density at radius 1 is 1.45 bits per heavy atom. The number of rotatable bonds is 4. The van der Waals surface area contributed by atoms with E-state index in [1.807, 2.05) is 12.1 Å². The van der Waals surface area contributed by atoms with Gasteiger partial charge in [-0.05, 0) is 43.0 Å². The minimum Gasteiger partial charge on any atom is -0.480 e. The van der Waals surface area contributed by atoms with E-state index in [1.54, 1.807) is 6.07 Å². The standard InChI is InChI=1S/C14H15BrClNO3/c15-11-5-4-10(16)8-9(11)3-6-13(18)17-7-1-2-12(17)14(19)20/h4-5,8,12H,1-3,6-7H2,(H,19,20). The highest BCUT2D eigenvalue weighted by Gasteiger charge is 2.33. The van der Waals surface area contributed by atoms with E-state index in [4.69, 9.17) is 16.7 Å². The predicted molar refractivity (Wildman–Crippen MR) is 79.8 cm³/mol. The number of halogens is 2. The largest absolute Gasteiger partial charge is 0.480 e. The number of amides is 1. The van der Waals surface area contributed by atoms with Crippen molar-refractivity contribution in [1.29, 1.82) is 0 Å². The van der Waals surface area contributed by atoms with Crippen LogP contribution >= 0.6 is 27.5 Å². The van der Waals surface area contributed by atoms with Crippen LogP contribution < -0.4 is 0 Å². The second kappa shape index (κ2) is 6.59. The molecule has 1 aromatic rings. The topological polar surface area (TPSA) is 57.6 Å². The molecule has 1 fully saturated rings. The zero-order valence-corrected chi connectivity index (χ0v) is 13.2. The van der Waals surface area contributed by atoms with Crippen LogP contribution in [0.3, 0.4) is 0 Å². The molecule has 0 spiro atoms. The third kappa shape index (κ3) is 3.52. The number of benzene rings is 1. The summed E-state index contributed by atoms with van der Waals surface area (Å²) in [5.41, 5.74) is 0.955. The molecule has 1 saturated heterocycles. The van der Waals surface area contributed by atoms with Gasteiger partial charge in [0.05, 0.1) is 0 Å². The van der Waals surface area contributed by atoms with Gasteiger partial charge < -0.3 is 10.0 Å². The maximum Gasteiger partial charge on any atom is 0.326 e.